The van der Waals surface area contributed by atoms with Crippen LogP contribution >= 0.6 is 15.9 Å². The van der Waals surface area contributed by atoms with Gasteiger partial charge in [0.25, 0.3) is 0 Å². The number of nitriles is 2. The lowest BCUT2D eigenvalue weighted by Gasteiger charge is -2.24. The van der Waals surface area contributed by atoms with E-state index in [1.165, 1.54) is 7.11 Å². The fourth-order valence-corrected chi connectivity index (χ4v) is 2.07. The quantitative estimate of drug-likeness (QED) is 0.799. The molecule has 0 aromatic heterocycles. The number of carbonyl (C=O) groups excluding carboxylic acids is 1. The van der Waals surface area contributed by atoms with Gasteiger partial charge in [0.05, 0.1) is 24.7 Å². The predicted molar refractivity (Wildman–Crippen MR) is 72.7 cm³/mol. The predicted octanol–water partition coefficient (Wildman–Crippen LogP) is 2.83. The molecule has 2 atom stereocenters. The Labute approximate surface area is 120 Å². The molecular formula is C14H13BrN2O2. The van der Waals surface area contributed by atoms with Crippen molar-refractivity contribution < 1.29 is 9.53 Å². The number of benzene rings is 1. The first-order valence-electron chi connectivity index (χ1n) is 5.60. The Morgan fingerprint density at radius 3 is 2.42 bits per heavy atom. The molecule has 0 N–H and O–H groups in total. The Bertz CT molecular complexity index is 542. The van der Waals surface area contributed by atoms with Gasteiger partial charge in [-0.1, -0.05) is 28.1 Å². The number of carbonyl (C=O) groups is 1. The highest BCUT2D eigenvalue weighted by molar-refractivity contribution is 9.10. The first kappa shape index (κ1) is 15.2. The van der Waals surface area contributed by atoms with Crippen LogP contribution in [0.5, 0.6) is 0 Å². The maximum absolute atomic E-state index is 11.6. The van der Waals surface area contributed by atoms with Crippen LogP contribution in [-0.4, -0.2) is 13.1 Å². The Hall–Kier alpha value is -1.85. The Morgan fingerprint density at radius 1 is 1.42 bits per heavy atom. The molecule has 0 aliphatic heterocycles. The van der Waals surface area contributed by atoms with E-state index in [-0.39, 0.29) is 0 Å². The van der Waals surface area contributed by atoms with Crippen LogP contribution in [0.2, 0.25) is 0 Å². The molecule has 0 aliphatic rings. The zero-order chi connectivity index (χ0) is 14.5. The molecule has 4 nitrogen and oxygen atoms in total. The van der Waals surface area contributed by atoms with Crippen molar-refractivity contribution in [3.8, 4) is 12.1 Å². The number of hydrogen-bond acceptors (Lipinski definition) is 4. The summed E-state index contributed by atoms with van der Waals surface area (Å²) in [5.41, 5.74) is -0.230. The van der Waals surface area contributed by atoms with Crippen molar-refractivity contribution in [3.63, 3.8) is 0 Å². The summed E-state index contributed by atoms with van der Waals surface area (Å²) in [6, 6.07) is 11.4. The first-order valence-corrected chi connectivity index (χ1v) is 6.39. The van der Waals surface area contributed by atoms with Gasteiger partial charge in [-0.25, -0.2) is 0 Å². The summed E-state index contributed by atoms with van der Waals surface area (Å²) in [7, 11) is 1.21. The molecule has 0 saturated heterocycles. The van der Waals surface area contributed by atoms with Crippen LogP contribution in [-0.2, 0) is 16.0 Å². The molecule has 0 aliphatic carbocycles. The molecule has 0 heterocycles. The molecule has 5 heteroatoms. The van der Waals surface area contributed by atoms with Crippen LogP contribution in [0.25, 0.3) is 0 Å². The molecule has 19 heavy (non-hydrogen) atoms. The zero-order valence-corrected chi connectivity index (χ0v) is 12.3. The van der Waals surface area contributed by atoms with Gasteiger partial charge >= 0.3 is 5.97 Å². The number of rotatable bonds is 4. The van der Waals surface area contributed by atoms with Gasteiger partial charge in [0.2, 0.25) is 0 Å². The van der Waals surface area contributed by atoms with Crippen LogP contribution in [0.4, 0.5) is 0 Å². The molecule has 0 radical (unpaired) electrons. The van der Waals surface area contributed by atoms with Gasteiger partial charge in [0, 0.05) is 4.47 Å². The van der Waals surface area contributed by atoms with E-state index in [0.29, 0.717) is 6.42 Å². The standard InChI is InChI=1S/C14H13BrN2O2/c1-14(9-17,12(8-16)13(18)19-2)7-10-3-5-11(15)6-4-10/h3-6,12H,7H2,1-2H3. The number of nitrogens with zero attached hydrogens (tertiary/aromatic N) is 2. The van der Waals surface area contributed by atoms with Crippen molar-refractivity contribution in [1.29, 1.82) is 10.5 Å². The molecule has 2 unspecified atom stereocenters. The minimum atomic E-state index is -1.12. The van der Waals surface area contributed by atoms with Gasteiger partial charge in [-0.3, -0.25) is 4.79 Å². The van der Waals surface area contributed by atoms with E-state index in [9.17, 15) is 10.1 Å². The first-order chi connectivity index (χ1) is 8.96. The number of hydrogen-bond donors (Lipinski definition) is 0. The molecule has 1 aromatic carbocycles. The third-order valence-corrected chi connectivity index (χ3v) is 3.47. The van der Waals surface area contributed by atoms with E-state index in [1.807, 2.05) is 30.3 Å². The van der Waals surface area contributed by atoms with E-state index in [0.717, 1.165) is 10.0 Å². The normalized spacial score (nSPS) is 14.6. The second-order valence-corrected chi connectivity index (χ2v) is 5.33. The number of halogens is 1. The van der Waals surface area contributed by atoms with Crippen LogP contribution in [0, 0.1) is 34.0 Å². The Balaban J connectivity index is 3.04. The van der Waals surface area contributed by atoms with Gasteiger partial charge < -0.3 is 4.74 Å². The lowest BCUT2D eigenvalue weighted by atomic mass is 9.74. The van der Waals surface area contributed by atoms with E-state index in [1.54, 1.807) is 6.92 Å². The van der Waals surface area contributed by atoms with Crippen LogP contribution in [0.3, 0.4) is 0 Å². The average molecular weight is 321 g/mol. The van der Waals surface area contributed by atoms with Crippen LogP contribution < -0.4 is 0 Å². The summed E-state index contributed by atoms with van der Waals surface area (Å²) in [4.78, 5) is 11.6. The number of methoxy groups -OCH3 is 1. The average Bonchev–Trinajstić information content (AvgIpc) is 2.42. The van der Waals surface area contributed by atoms with Gasteiger partial charge in [0.1, 0.15) is 0 Å². The molecule has 0 amide bonds. The van der Waals surface area contributed by atoms with Gasteiger partial charge in [-0.15, -0.1) is 0 Å². The van der Waals surface area contributed by atoms with Crippen molar-refractivity contribution in [3.05, 3.63) is 34.3 Å². The molecule has 1 rings (SSSR count). The second kappa shape index (κ2) is 6.36. The largest absolute Gasteiger partial charge is 0.468 e. The third-order valence-electron chi connectivity index (χ3n) is 2.94. The summed E-state index contributed by atoms with van der Waals surface area (Å²) in [5, 5.41) is 18.4. The fourth-order valence-electron chi connectivity index (χ4n) is 1.81. The van der Waals surface area contributed by atoms with Crippen molar-refractivity contribution in [1.82, 2.24) is 0 Å². The summed E-state index contributed by atoms with van der Waals surface area (Å²) in [6.07, 6.45) is 0.310. The fraction of sp³-hybridized carbons (Fsp3) is 0.357. The zero-order valence-electron chi connectivity index (χ0n) is 10.7. The monoisotopic (exact) mass is 320 g/mol. The number of esters is 1. The molecular weight excluding hydrogens is 308 g/mol. The highest BCUT2D eigenvalue weighted by atomic mass is 79.9. The maximum Gasteiger partial charge on any atom is 0.324 e. The van der Waals surface area contributed by atoms with E-state index in [4.69, 9.17) is 5.26 Å². The minimum Gasteiger partial charge on any atom is -0.468 e. The topological polar surface area (TPSA) is 73.9 Å². The minimum absolute atomic E-state index is 0.310. The molecule has 0 fully saturated rings. The molecule has 98 valence electrons. The van der Waals surface area contributed by atoms with Crippen molar-refractivity contribution in [2.24, 2.45) is 11.3 Å². The van der Waals surface area contributed by atoms with Crippen molar-refractivity contribution >= 4 is 21.9 Å². The SMILES string of the molecule is COC(=O)C(C#N)C(C)(C#N)Cc1ccc(Br)cc1. The lowest BCUT2D eigenvalue weighted by Crippen LogP contribution is -2.34. The molecule has 0 saturated carbocycles. The van der Waals surface area contributed by atoms with Crippen molar-refractivity contribution in [2.45, 2.75) is 13.3 Å². The highest BCUT2D eigenvalue weighted by Crippen LogP contribution is 2.32. The van der Waals surface area contributed by atoms with Crippen molar-refractivity contribution in [2.75, 3.05) is 7.11 Å². The van der Waals surface area contributed by atoms with Crippen LogP contribution in [0.15, 0.2) is 28.7 Å². The Kier molecular flexibility index (Phi) is 5.09. The number of ether oxygens (including phenoxy) is 1. The summed E-state index contributed by atoms with van der Waals surface area (Å²) < 4.78 is 5.52. The van der Waals surface area contributed by atoms with Gasteiger partial charge in [-0.05, 0) is 31.0 Å². The van der Waals surface area contributed by atoms with E-state index >= 15 is 0 Å². The Morgan fingerprint density at radius 2 is 2.00 bits per heavy atom. The highest BCUT2D eigenvalue weighted by Gasteiger charge is 2.40. The van der Waals surface area contributed by atoms with Gasteiger partial charge in [0.15, 0.2) is 5.92 Å². The van der Waals surface area contributed by atoms with Gasteiger partial charge in [-0.2, -0.15) is 10.5 Å². The summed E-state index contributed by atoms with van der Waals surface area (Å²) in [5.74, 6) is -1.78. The summed E-state index contributed by atoms with van der Waals surface area (Å²) >= 11 is 3.33. The molecule has 0 bridgehead atoms. The lowest BCUT2D eigenvalue weighted by molar-refractivity contribution is -0.146. The van der Waals surface area contributed by atoms with E-state index < -0.39 is 17.3 Å². The molecule has 0 spiro atoms. The second-order valence-electron chi connectivity index (χ2n) is 4.42. The molecule has 1 aromatic rings. The third kappa shape index (κ3) is 3.56. The van der Waals surface area contributed by atoms with Crippen LogP contribution in [0.1, 0.15) is 12.5 Å². The smallest absolute Gasteiger partial charge is 0.324 e. The van der Waals surface area contributed by atoms with E-state index in [2.05, 4.69) is 26.7 Å². The maximum atomic E-state index is 11.6. The summed E-state index contributed by atoms with van der Waals surface area (Å²) in [6.45, 7) is 1.60.